The number of phenols is 1. The van der Waals surface area contributed by atoms with Gasteiger partial charge in [0.15, 0.2) is 0 Å². The number of nitrogens with zero attached hydrogens (tertiary/aromatic N) is 1. The van der Waals surface area contributed by atoms with E-state index in [1.165, 1.54) is 6.21 Å². The molecular formula is C16H11Br2N3O2. The molecule has 3 rings (SSSR count). The number of hydrogen-bond acceptors (Lipinski definition) is 3. The number of phenolic OH excluding ortho intramolecular Hbond substituents is 1. The number of carbonyl (C=O) groups is 1. The van der Waals surface area contributed by atoms with E-state index in [2.05, 4.69) is 47.4 Å². The van der Waals surface area contributed by atoms with Crippen molar-refractivity contribution >= 4 is 54.9 Å². The van der Waals surface area contributed by atoms with Crippen LogP contribution >= 0.6 is 31.9 Å². The molecule has 0 radical (unpaired) electrons. The fraction of sp³-hybridized carbons (Fsp3) is 0. The van der Waals surface area contributed by atoms with Crippen LogP contribution in [0, 0.1) is 0 Å². The molecule has 1 heterocycles. The van der Waals surface area contributed by atoms with E-state index >= 15 is 0 Å². The van der Waals surface area contributed by atoms with E-state index in [-0.39, 0.29) is 11.7 Å². The Bertz CT molecular complexity index is 896. The zero-order chi connectivity index (χ0) is 16.4. The monoisotopic (exact) mass is 435 g/mol. The second-order valence-electron chi connectivity index (χ2n) is 4.78. The Morgan fingerprint density at radius 2 is 1.91 bits per heavy atom. The van der Waals surface area contributed by atoms with Gasteiger partial charge in [-0.05, 0) is 55.6 Å². The molecule has 0 aliphatic rings. The van der Waals surface area contributed by atoms with Gasteiger partial charge in [-0.3, -0.25) is 4.79 Å². The number of hydrogen-bond donors (Lipinski definition) is 3. The summed E-state index contributed by atoms with van der Waals surface area (Å²) in [6.45, 7) is 0. The van der Waals surface area contributed by atoms with E-state index in [0.29, 0.717) is 14.5 Å². The van der Waals surface area contributed by atoms with Crippen LogP contribution in [0.5, 0.6) is 5.75 Å². The first-order valence-electron chi connectivity index (χ1n) is 6.64. The Balaban J connectivity index is 1.76. The molecule has 0 aliphatic carbocycles. The molecule has 2 aromatic carbocycles. The molecular weight excluding hydrogens is 426 g/mol. The predicted molar refractivity (Wildman–Crippen MR) is 96.9 cm³/mol. The fourth-order valence-electron chi connectivity index (χ4n) is 2.14. The maximum atomic E-state index is 12.2. The van der Waals surface area contributed by atoms with Crippen molar-refractivity contribution in [2.45, 2.75) is 0 Å². The van der Waals surface area contributed by atoms with Crippen LogP contribution in [0.25, 0.3) is 10.9 Å². The first kappa shape index (κ1) is 15.8. The molecule has 3 N–H and O–H groups in total. The lowest BCUT2D eigenvalue weighted by molar-refractivity contribution is 0.0957. The molecule has 0 saturated carbocycles. The van der Waals surface area contributed by atoms with Crippen LogP contribution in [0.15, 0.2) is 56.6 Å². The highest BCUT2D eigenvalue weighted by atomic mass is 79.9. The summed E-state index contributed by atoms with van der Waals surface area (Å²) in [4.78, 5) is 15.2. The molecule has 0 saturated heterocycles. The van der Waals surface area contributed by atoms with Crippen LogP contribution in [-0.2, 0) is 0 Å². The second-order valence-corrected chi connectivity index (χ2v) is 6.49. The summed E-state index contributed by atoms with van der Waals surface area (Å²) in [6.07, 6.45) is 3.16. The number of benzene rings is 2. The van der Waals surface area contributed by atoms with Crippen LogP contribution in [0.2, 0.25) is 0 Å². The SMILES string of the molecule is O=C(N/N=C\c1cc(Br)c(O)c(Br)c1)c1c[nH]c2ccccc12. The highest BCUT2D eigenvalue weighted by Crippen LogP contribution is 2.32. The number of H-pyrrole nitrogens is 1. The summed E-state index contributed by atoms with van der Waals surface area (Å²) in [5, 5.41) is 14.5. The number of rotatable bonds is 3. The first-order valence-corrected chi connectivity index (χ1v) is 8.22. The smallest absolute Gasteiger partial charge is 0.273 e. The van der Waals surface area contributed by atoms with E-state index in [9.17, 15) is 9.90 Å². The van der Waals surface area contributed by atoms with Crippen molar-refractivity contribution in [2.24, 2.45) is 5.10 Å². The number of hydrazone groups is 1. The van der Waals surface area contributed by atoms with Crippen LogP contribution < -0.4 is 5.43 Å². The minimum Gasteiger partial charge on any atom is -0.506 e. The maximum Gasteiger partial charge on any atom is 0.273 e. The van der Waals surface area contributed by atoms with E-state index in [4.69, 9.17) is 0 Å². The lowest BCUT2D eigenvalue weighted by Gasteiger charge is -2.02. The van der Waals surface area contributed by atoms with E-state index in [0.717, 1.165) is 16.5 Å². The Kier molecular flexibility index (Phi) is 4.49. The zero-order valence-corrected chi connectivity index (χ0v) is 14.8. The van der Waals surface area contributed by atoms with Gasteiger partial charge in [-0.25, -0.2) is 5.43 Å². The van der Waals surface area contributed by atoms with Gasteiger partial charge in [0.25, 0.3) is 5.91 Å². The van der Waals surface area contributed by atoms with Gasteiger partial charge in [0.2, 0.25) is 0 Å². The van der Waals surface area contributed by atoms with Crippen molar-refractivity contribution in [3.63, 3.8) is 0 Å². The van der Waals surface area contributed by atoms with Crippen molar-refractivity contribution in [3.8, 4) is 5.75 Å². The molecule has 1 aromatic heterocycles. The maximum absolute atomic E-state index is 12.2. The Morgan fingerprint density at radius 3 is 2.65 bits per heavy atom. The van der Waals surface area contributed by atoms with Gasteiger partial charge in [0, 0.05) is 17.1 Å². The predicted octanol–water partition coefficient (Wildman–Crippen LogP) is 4.16. The molecule has 0 unspecified atom stereocenters. The molecule has 0 fully saturated rings. The van der Waals surface area contributed by atoms with Crippen LogP contribution in [0.4, 0.5) is 0 Å². The van der Waals surface area contributed by atoms with Gasteiger partial charge in [-0.1, -0.05) is 18.2 Å². The first-order chi connectivity index (χ1) is 11.1. The minimum absolute atomic E-state index is 0.116. The zero-order valence-electron chi connectivity index (χ0n) is 11.7. The summed E-state index contributed by atoms with van der Waals surface area (Å²) in [7, 11) is 0. The van der Waals surface area contributed by atoms with Crippen LogP contribution in [0.1, 0.15) is 15.9 Å². The molecule has 23 heavy (non-hydrogen) atoms. The Hall–Kier alpha value is -2.12. The third-order valence-electron chi connectivity index (χ3n) is 3.25. The van der Waals surface area contributed by atoms with Gasteiger partial charge in [-0.2, -0.15) is 5.10 Å². The number of aromatic amines is 1. The molecule has 5 nitrogen and oxygen atoms in total. The van der Waals surface area contributed by atoms with Crippen LogP contribution in [0.3, 0.4) is 0 Å². The third-order valence-corrected chi connectivity index (χ3v) is 4.46. The van der Waals surface area contributed by atoms with Crippen molar-refractivity contribution in [2.75, 3.05) is 0 Å². The average molecular weight is 437 g/mol. The topological polar surface area (TPSA) is 77.5 Å². The molecule has 0 atom stereocenters. The summed E-state index contributed by atoms with van der Waals surface area (Å²) in [5.41, 5.74) is 4.65. The van der Waals surface area contributed by atoms with Gasteiger partial charge >= 0.3 is 0 Å². The average Bonchev–Trinajstić information content (AvgIpc) is 2.96. The second kappa shape index (κ2) is 6.55. The Morgan fingerprint density at radius 1 is 1.22 bits per heavy atom. The number of amides is 1. The normalized spacial score (nSPS) is 11.2. The summed E-state index contributed by atoms with van der Waals surface area (Å²) in [5.74, 6) is -0.180. The van der Waals surface area contributed by atoms with E-state index < -0.39 is 0 Å². The van der Waals surface area contributed by atoms with Gasteiger partial charge in [-0.15, -0.1) is 0 Å². The summed E-state index contributed by atoms with van der Waals surface area (Å²) < 4.78 is 1.08. The van der Waals surface area contributed by atoms with Crippen molar-refractivity contribution in [3.05, 3.63) is 62.7 Å². The quantitative estimate of drug-likeness (QED) is 0.425. The molecule has 3 aromatic rings. The molecule has 1 amide bonds. The lowest BCUT2D eigenvalue weighted by atomic mass is 10.2. The van der Waals surface area contributed by atoms with Crippen LogP contribution in [-0.4, -0.2) is 22.2 Å². The van der Waals surface area contributed by atoms with E-state index in [1.807, 2.05) is 24.3 Å². The number of nitrogens with one attached hydrogen (secondary N) is 2. The minimum atomic E-state index is -0.296. The number of para-hydroxylation sites is 1. The third kappa shape index (κ3) is 3.30. The number of carbonyl (C=O) groups excluding carboxylic acids is 1. The molecule has 0 spiro atoms. The Labute approximate surface area is 148 Å². The number of fused-ring (bicyclic) bond motifs is 1. The molecule has 116 valence electrons. The lowest BCUT2D eigenvalue weighted by Crippen LogP contribution is -2.17. The summed E-state index contributed by atoms with van der Waals surface area (Å²) in [6, 6.07) is 10.9. The van der Waals surface area contributed by atoms with Gasteiger partial charge < -0.3 is 10.1 Å². The van der Waals surface area contributed by atoms with Crippen molar-refractivity contribution in [1.29, 1.82) is 0 Å². The highest BCUT2D eigenvalue weighted by Gasteiger charge is 2.10. The van der Waals surface area contributed by atoms with E-state index in [1.54, 1.807) is 18.3 Å². The van der Waals surface area contributed by atoms with Gasteiger partial charge in [0.05, 0.1) is 20.7 Å². The standard InChI is InChI=1S/C16H11Br2N3O2/c17-12-5-9(6-13(18)15(12)22)7-20-21-16(23)11-8-19-14-4-2-1-3-10(11)14/h1-8,19,22H,(H,21,23)/b20-7-. The van der Waals surface area contributed by atoms with Crippen molar-refractivity contribution in [1.82, 2.24) is 10.4 Å². The summed E-state index contributed by atoms with van der Waals surface area (Å²) >= 11 is 6.49. The molecule has 0 bridgehead atoms. The van der Waals surface area contributed by atoms with Crippen molar-refractivity contribution < 1.29 is 9.90 Å². The number of halogens is 2. The number of aromatic nitrogens is 1. The molecule has 0 aliphatic heterocycles. The fourth-order valence-corrected chi connectivity index (χ4v) is 3.37. The van der Waals surface area contributed by atoms with Gasteiger partial charge in [0.1, 0.15) is 5.75 Å². The largest absolute Gasteiger partial charge is 0.506 e. The number of aromatic hydroxyl groups is 1. The molecule has 7 heteroatoms. The highest BCUT2D eigenvalue weighted by molar-refractivity contribution is 9.11.